The molecule has 0 radical (unpaired) electrons. The highest BCUT2D eigenvalue weighted by molar-refractivity contribution is 5.83. The second-order valence-electron chi connectivity index (χ2n) is 9.16. The van der Waals surface area contributed by atoms with Gasteiger partial charge in [0.2, 0.25) is 5.91 Å². The minimum atomic E-state index is 0.214. The van der Waals surface area contributed by atoms with Crippen LogP contribution in [0.3, 0.4) is 0 Å². The van der Waals surface area contributed by atoms with Crippen LogP contribution in [0, 0.1) is 16.7 Å². The fraction of sp³-hybridized carbons (Fsp3) is 0.810. The molecule has 2 unspecified atom stereocenters. The average molecular weight is 373 g/mol. The van der Waals surface area contributed by atoms with Crippen molar-refractivity contribution in [1.29, 1.82) is 0 Å². The van der Waals surface area contributed by atoms with E-state index in [1.54, 1.807) is 0 Å². The third-order valence-electron chi connectivity index (χ3n) is 7.84. The predicted molar refractivity (Wildman–Crippen MR) is 102 cm³/mol. The van der Waals surface area contributed by atoms with Crippen LogP contribution in [0.5, 0.6) is 0 Å². The molecule has 6 nitrogen and oxygen atoms in total. The van der Waals surface area contributed by atoms with Crippen LogP contribution in [0.25, 0.3) is 0 Å². The molecule has 1 N–H and O–H groups in total. The number of aryl methyl sites for hydroxylation is 1. The molecule has 2 saturated heterocycles. The number of amides is 1. The lowest BCUT2D eigenvalue weighted by atomic mass is 9.92. The van der Waals surface area contributed by atoms with Gasteiger partial charge >= 0.3 is 0 Å². The Kier molecular flexibility index (Phi) is 4.32. The summed E-state index contributed by atoms with van der Waals surface area (Å²) in [6.07, 6.45) is 10.7. The summed E-state index contributed by atoms with van der Waals surface area (Å²) in [7, 11) is 0. The van der Waals surface area contributed by atoms with Crippen molar-refractivity contribution in [1.82, 2.24) is 19.8 Å². The first-order valence-corrected chi connectivity index (χ1v) is 10.8. The maximum Gasteiger partial charge on any atom is 0.226 e. The molecule has 1 aromatic rings. The Balaban J connectivity index is 1.36. The van der Waals surface area contributed by atoms with Crippen molar-refractivity contribution in [2.24, 2.45) is 16.7 Å². The third kappa shape index (κ3) is 3.01. The molecule has 148 valence electrons. The zero-order valence-electron chi connectivity index (χ0n) is 16.5. The standard InChI is InChI=1S/C21H32N4O2/c1-2-24-10-9-23-18(24)15-25(17-14-21(17)3-7-22-8-4-21)19(26)16-13-20(16)5-11-27-12-6-20/h9-10,16-17,22H,2-8,11-15H2,1H3. The zero-order valence-corrected chi connectivity index (χ0v) is 16.5. The number of nitrogens with one attached hydrogen (secondary N) is 1. The van der Waals surface area contributed by atoms with Gasteiger partial charge in [-0.25, -0.2) is 4.98 Å². The van der Waals surface area contributed by atoms with Crippen LogP contribution in [-0.4, -0.2) is 52.7 Å². The summed E-state index contributed by atoms with van der Waals surface area (Å²) in [6, 6.07) is 0.409. The van der Waals surface area contributed by atoms with Gasteiger partial charge in [-0.2, -0.15) is 0 Å². The van der Waals surface area contributed by atoms with E-state index in [9.17, 15) is 4.79 Å². The van der Waals surface area contributed by atoms with Gasteiger partial charge in [-0.1, -0.05) is 0 Å². The number of carbonyl (C=O) groups excluding carboxylic acids is 1. The number of rotatable bonds is 5. The summed E-state index contributed by atoms with van der Waals surface area (Å²) in [5.41, 5.74) is 0.603. The van der Waals surface area contributed by atoms with Gasteiger partial charge in [0, 0.05) is 44.1 Å². The van der Waals surface area contributed by atoms with E-state index in [0.717, 1.165) is 57.9 Å². The van der Waals surface area contributed by atoms with Gasteiger partial charge in [0.05, 0.1) is 6.54 Å². The molecule has 5 rings (SSSR count). The number of aromatic nitrogens is 2. The van der Waals surface area contributed by atoms with Crippen molar-refractivity contribution in [2.45, 2.75) is 64.6 Å². The van der Waals surface area contributed by atoms with Gasteiger partial charge in [-0.3, -0.25) is 4.79 Å². The summed E-state index contributed by atoms with van der Waals surface area (Å²) in [4.78, 5) is 20.4. The van der Waals surface area contributed by atoms with Gasteiger partial charge in [-0.05, 0) is 69.4 Å². The largest absolute Gasteiger partial charge is 0.381 e. The average Bonchev–Trinajstić information content (AvgIpc) is 3.51. The highest BCUT2D eigenvalue weighted by atomic mass is 16.5. The molecule has 2 saturated carbocycles. The van der Waals surface area contributed by atoms with Crippen LogP contribution in [-0.2, 0) is 22.6 Å². The smallest absolute Gasteiger partial charge is 0.226 e. The van der Waals surface area contributed by atoms with Gasteiger partial charge in [-0.15, -0.1) is 0 Å². The fourth-order valence-electron chi connectivity index (χ4n) is 5.73. The van der Waals surface area contributed by atoms with Gasteiger partial charge < -0.3 is 19.5 Å². The van der Waals surface area contributed by atoms with Crippen molar-refractivity contribution in [3.63, 3.8) is 0 Å². The van der Waals surface area contributed by atoms with Crippen LogP contribution in [0.2, 0.25) is 0 Å². The lowest BCUT2D eigenvalue weighted by Gasteiger charge is -2.31. The van der Waals surface area contributed by atoms with E-state index in [0.29, 0.717) is 23.9 Å². The molecule has 2 aliphatic carbocycles. The molecule has 3 heterocycles. The highest BCUT2D eigenvalue weighted by Crippen LogP contribution is 2.62. The number of piperidine rings is 1. The molecule has 1 aromatic heterocycles. The lowest BCUT2D eigenvalue weighted by molar-refractivity contribution is -0.136. The van der Waals surface area contributed by atoms with E-state index in [4.69, 9.17) is 4.74 Å². The molecule has 2 atom stereocenters. The Hall–Kier alpha value is -1.40. The quantitative estimate of drug-likeness (QED) is 0.861. The van der Waals surface area contributed by atoms with Gasteiger partial charge in [0.25, 0.3) is 0 Å². The number of hydrogen-bond donors (Lipinski definition) is 1. The Morgan fingerprint density at radius 3 is 2.78 bits per heavy atom. The molecule has 2 spiro atoms. The summed E-state index contributed by atoms with van der Waals surface area (Å²) in [6.45, 7) is 7.54. The van der Waals surface area contributed by atoms with Crippen molar-refractivity contribution in [2.75, 3.05) is 26.3 Å². The molecule has 2 aliphatic heterocycles. The number of hydrogen-bond acceptors (Lipinski definition) is 4. The summed E-state index contributed by atoms with van der Waals surface area (Å²) < 4.78 is 7.73. The first-order chi connectivity index (χ1) is 13.2. The molecule has 4 aliphatic rings. The Morgan fingerprint density at radius 2 is 2.04 bits per heavy atom. The lowest BCUT2D eigenvalue weighted by Crippen LogP contribution is -2.41. The monoisotopic (exact) mass is 372 g/mol. The number of nitrogens with zero attached hydrogens (tertiary/aromatic N) is 3. The molecule has 27 heavy (non-hydrogen) atoms. The minimum Gasteiger partial charge on any atom is -0.381 e. The number of ether oxygens (including phenoxy) is 1. The number of imidazole rings is 1. The Morgan fingerprint density at radius 1 is 1.26 bits per heavy atom. The van der Waals surface area contributed by atoms with E-state index in [-0.39, 0.29) is 11.3 Å². The molecular weight excluding hydrogens is 340 g/mol. The molecule has 6 heteroatoms. The minimum absolute atomic E-state index is 0.214. The van der Waals surface area contributed by atoms with E-state index >= 15 is 0 Å². The Labute approximate surface area is 161 Å². The predicted octanol–water partition coefficient (Wildman–Crippen LogP) is 2.19. The molecular formula is C21H32N4O2. The molecule has 0 aromatic carbocycles. The SMILES string of the molecule is CCn1ccnc1CN(C(=O)C1CC12CCOCC2)C1CC12CCNCC2. The van der Waals surface area contributed by atoms with Crippen LogP contribution < -0.4 is 5.32 Å². The third-order valence-corrected chi connectivity index (χ3v) is 7.84. The van der Waals surface area contributed by atoms with Crippen molar-refractivity contribution in [3.05, 3.63) is 18.2 Å². The van der Waals surface area contributed by atoms with E-state index < -0.39 is 0 Å². The first-order valence-electron chi connectivity index (χ1n) is 10.8. The molecule has 0 bridgehead atoms. The van der Waals surface area contributed by atoms with E-state index in [1.165, 1.54) is 19.3 Å². The van der Waals surface area contributed by atoms with Crippen molar-refractivity contribution in [3.8, 4) is 0 Å². The van der Waals surface area contributed by atoms with Crippen LogP contribution in [0.4, 0.5) is 0 Å². The highest BCUT2D eigenvalue weighted by Gasteiger charge is 2.63. The van der Waals surface area contributed by atoms with E-state index in [1.807, 2.05) is 12.4 Å². The summed E-state index contributed by atoms with van der Waals surface area (Å²) in [5, 5.41) is 3.48. The second kappa shape index (κ2) is 6.59. The van der Waals surface area contributed by atoms with Crippen molar-refractivity contribution >= 4 is 5.91 Å². The second-order valence-corrected chi connectivity index (χ2v) is 9.16. The maximum absolute atomic E-state index is 13.6. The first kappa shape index (κ1) is 17.7. The number of carbonyl (C=O) groups is 1. The van der Waals surface area contributed by atoms with Gasteiger partial charge in [0.15, 0.2) is 0 Å². The molecule has 4 fully saturated rings. The van der Waals surface area contributed by atoms with Crippen LogP contribution in [0.15, 0.2) is 12.4 Å². The fourth-order valence-corrected chi connectivity index (χ4v) is 5.73. The van der Waals surface area contributed by atoms with E-state index in [2.05, 4.69) is 26.7 Å². The normalized spacial score (nSPS) is 30.4. The van der Waals surface area contributed by atoms with Crippen LogP contribution in [0.1, 0.15) is 51.3 Å². The van der Waals surface area contributed by atoms with Gasteiger partial charge in [0.1, 0.15) is 5.82 Å². The van der Waals surface area contributed by atoms with Crippen LogP contribution >= 0.6 is 0 Å². The summed E-state index contributed by atoms with van der Waals surface area (Å²) in [5.74, 6) is 1.64. The molecule has 1 amide bonds. The maximum atomic E-state index is 13.6. The Bertz CT molecular complexity index is 703. The topological polar surface area (TPSA) is 59.4 Å². The summed E-state index contributed by atoms with van der Waals surface area (Å²) >= 11 is 0. The van der Waals surface area contributed by atoms with Crippen molar-refractivity contribution < 1.29 is 9.53 Å². The zero-order chi connectivity index (χ0) is 18.5.